The van der Waals surface area contributed by atoms with Gasteiger partial charge in [-0.2, -0.15) is 5.26 Å². The molecule has 0 aliphatic carbocycles. The number of benzene rings is 1. The number of rotatable bonds is 6. The zero-order valence-electron chi connectivity index (χ0n) is 11.5. The van der Waals surface area contributed by atoms with Crippen LogP contribution in [0.25, 0.3) is 0 Å². The molecule has 3 nitrogen and oxygen atoms in total. The van der Waals surface area contributed by atoms with Crippen LogP contribution in [0.3, 0.4) is 0 Å². The van der Waals surface area contributed by atoms with Gasteiger partial charge in [-0.15, -0.1) is 0 Å². The molecule has 0 N–H and O–H groups in total. The molecule has 0 bridgehead atoms. The Morgan fingerprint density at radius 1 is 1.20 bits per heavy atom. The lowest BCUT2D eigenvalue weighted by atomic mass is 9.99. The standard InChI is InChI=1S/C14H17Cl2NO2S/c1-3-7-14(10-17,8-4-2)20(18,19)13-9-11(15)5-6-12(13)16/h5-6,9H,3-4,7-8H2,1-2H3. The van der Waals surface area contributed by atoms with E-state index in [4.69, 9.17) is 23.2 Å². The van der Waals surface area contributed by atoms with E-state index in [0.717, 1.165) is 0 Å². The molecule has 1 aromatic carbocycles. The first kappa shape index (κ1) is 17.3. The Kier molecular flexibility index (Phi) is 5.88. The predicted molar refractivity (Wildman–Crippen MR) is 81.8 cm³/mol. The van der Waals surface area contributed by atoms with E-state index in [9.17, 15) is 13.7 Å². The van der Waals surface area contributed by atoms with Crippen LogP contribution in [0.1, 0.15) is 39.5 Å². The van der Waals surface area contributed by atoms with Gasteiger partial charge in [0.2, 0.25) is 0 Å². The number of hydrogen-bond donors (Lipinski definition) is 0. The summed E-state index contributed by atoms with van der Waals surface area (Å²) in [7, 11) is -3.87. The molecule has 20 heavy (non-hydrogen) atoms. The van der Waals surface area contributed by atoms with Crippen LogP contribution in [0.2, 0.25) is 10.0 Å². The Hall–Kier alpha value is -0.760. The minimum atomic E-state index is -3.87. The van der Waals surface area contributed by atoms with Crippen molar-refractivity contribution in [2.45, 2.75) is 49.2 Å². The molecule has 0 saturated heterocycles. The van der Waals surface area contributed by atoms with Crippen molar-refractivity contribution in [3.63, 3.8) is 0 Å². The molecule has 6 heteroatoms. The zero-order chi connectivity index (χ0) is 15.4. The molecule has 0 aliphatic rings. The largest absolute Gasteiger partial charge is 0.222 e. The highest BCUT2D eigenvalue weighted by Gasteiger charge is 2.44. The molecular weight excluding hydrogens is 317 g/mol. The Labute approximate surface area is 130 Å². The van der Waals surface area contributed by atoms with Crippen LogP contribution in [0.4, 0.5) is 0 Å². The van der Waals surface area contributed by atoms with Crippen molar-refractivity contribution in [1.82, 2.24) is 0 Å². The molecule has 1 aromatic rings. The lowest BCUT2D eigenvalue weighted by Crippen LogP contribution is -2.37. The average Bonchev–Trinajstić information content (AvgIpc) is 2.40. The molecule has 110 valence electrons. The van der Waals surface area contributed by atoms with Crippen LogP contribution in [0.5, 0.6) is 0 Å². The van der Waals surface area contributed by atoms with Crippen LogP contribution in [-0.2, 0) is 9.84 Å². The quantitative estimate of drug-likeness (QED) is 0.762. The minimum Gasteiger partial charge on any atom is -0.222 e. The summed E-state index contributed by atoms with van der Waals surface area (Å²) in [5.74, 6) is 0. The van der Waals surface area contributed by atoms with Gasteiger partial charge in [0.05, 0.1) is 16.0 Å². The first-order valence-corrected chi connectivity index (χ1v) is 8.69. The monoisotopic (exact) mass is 333 g/mol. The highest BCUT2D eigenvalue weighted by Crippen LogP contribution is 2.37. The fraction of sp³-hybridized carbons (Fsp3) is 0.500. The third-order valence-electron chi connectivity index (χ3n) is 3.21. The van der Waals surface area contributed by atoms with E-state index in [1.165, 1.54) is 18.2 Å². The van der Waals surface area contributed by atoms with Gasteiger partial charge in [0.15, 0.2) is 14.6 Å². The summed E-state index contributed by atoms with van der Waals surface area (Å²) in [6, 6.07) is 6.29. The molecule has 0 spiro atoms. The van der Waals surface area contributed by atoms with Gasteiger partial charge in [-0.25, -0.2) is 8.42 Å². The van der Waals surface area contributed by atoms with Crippen molar-refractivity contribution in [2.75, 3.05) is 0 Å². The number of halogens is 2. The Morgan fingerprint density at radius 2 is 1.75 bits per heavy atom. The van der Waals surface area contributed by atoms with E-state index in [0.29, 0.717) is 12.8 Å². The van der Waals surface area contributed by atoms with Gasteiger partial charge in [0, 0.05) is 5.02 Å². The third-order valence-corrected chi connectivity index (χ3v) is 6.33. The normalized spacial score (nSPS) is 12.2. The van der Waals surface area contributed by atoms with E-state index in [-0.39, 0.29) is 27.8 Å². The summed E-state index contributed by atoms with van der Waals surface area (Å²) in [5, 5.41) is 9.87. The maximum Gasteiger partial charge on any atom is 0.198 e. The zero-order valence-corrected chi connectivity index (χ0v) is 13.8. The Balaban J connectivity index is 3.52. The van der Waals surface area contributed by atoms with E-state index in [2.05, 4.69) is 0 Å². The van der Waals surface area contributed by atoms with Crippen molar-refractivity contribution in [3.05, 3.63) is 28.2 Å². The van der Waals surface area contributed by atoms with Gasteiger partial charge < -0.3 is 0 Å². The maximum absolute atomic E-state index is 12.9. The molecule has 0 saturated carbocycles. The summed E-state index contributed by atoms with van der Waals surface area (Å²) in [5.41, 5.74) is 0. The lowest BCUT2D eigenvalue weighted by molar-refractivity contribution is 0.509. The number of nitrogens with zero attached hydrogens (tertiary/aromatic N) is 1. The summed E-state index contributed by atoms with van der Waals surface area (Å²) in [6.07, 6.45) is 1.76. The Morgan fingerprint density at radius 3 is 2.20 bits per heavy atom. The first-order chi connectivity index (χ1) is 9.34. The van der Waals surface area contributed by atoms with Crippen LogP contribution in [0, 0.1) is 11.3 Å². The van der Waals surface area contributed by atoms with Crippen molar-refractivity contribution >= 4 is 33.0 Å². The second kappa shape index (κ2) is 6.80. The maximum atomic E-state index is 12.9. The highest BCUT2D eigenvalue weighted by atomic mass is 35.5. The van der Waals surface area contributed by atoms with Crippen molar-refractivity contribution in [2.24, 2.45) is 0 Å². The molecule has 0 heterocycles. The van der Waals surface area contributed by atoms with Crippen LogP contribution in [-0.4, -0.2) is 13.2 Å². The lowest BCUT2D eigenvalue weighted by Gasteiger charge is -2.26. The molecular formula is C14H17Cl2NO2S. The van der Waals surface area contributed by atoms with Crippen LogP contribution < -0.4 is 0 Å². The predicted octanol–water partition coefficient (Wildman–Crippen LogP) is 4.63. The van der Waals surface area contributed by atoms with Gasteiger partial charge in [-0.05, 0) is 31.0 Å². The van der Waals surface area contributed by atoms with Crippen LogP contribution >= 0.6 is 23.2 Å². The first-order valence-electron chi connectivity index (χ1n) is 6.45. The SMILES string of the molecule is CCCC(C#N)(CCC)S(=O)(=O)c1cc(Cl)ccc1Cl. The van der Waals surface area contributed by atoms with E-state index < -0.39 is 14.6 Å². The molecule has 0 aromatic heterocycles. The van der Waals surface area contributed by atoms with Crippen molar-refractivity contribution in [3.8, 4) is 6.07 Å². The van der Waals surface area contributed by atoms with Gasteiger partial charge in [-0.3, -0.25) is 0 Å². The average molecular weight is 334 g/mol. The molecule has 0 unspecified atom stereocenters. The number of hydrogen-bond acceptors (Lipinski definition) is 3. The molecule has 0 aliphatic heterocycles. The fourth-order valence-electron chi connectivity index (χ4n) is 2.27. The second-order valence-electron chi connectivity index (χ2n) is 4.68. The minimum absolute atomic E-state index is 0.0601. The smallest absolute Gasteiger partial charge is 0.198 e. The van der Waals surface area contributed by atoms with E-state index >= 15 is 0 Å². The third kappa shape index (κ3) is 3.11. The van der Waals surface area contributed by atoms with Gasteiger partial charge in [-0.1, -0.05) is 49.9 Å². The van der Waals surface area contributed by atoms with Gasteiger partial charge >= 0.3 is 0 Å². The molecule has 0 radical (unpaired) electrons. The topological polar surface area (TPSA) is 57.9 Å². The Bertz CT molecular complexity index is 615. The van der Waals surface area contributed by atoms with E-state index in [1.807, 2.05) is 19.9 Å². The van der Waals surface area contributed by atoms with Gasteiger partial charge in [0.1, 0.15) is 0 Å². The van der Waals surface area contributed by atoms with E-state index in [1.54, 1.807) is 0 Å². The summed E-state index contributed by atoms with van der Waals surface area (Å²) in [4.78, 5) is -0.0601. The molecule has 0 atom stereocenters. The second-order valence-corrected chi connectivity index (χ2v) is 7.76. The molecule has 1 rings (SSSR count). The fourth-order valence-corrected chi connectivity index (χ4v) is 5.02. The van der Waals surface area contributed by atoms with Gasteiger partial charge in [0.25, 0.3) is 0 Å². The summed E-state index contributed by atoms with van der Waals surface area (Å²) in [6.45, 7) is 3.72. The molecule has 0 amide bonds. The summed E-state index contributed by atoms with van der Waals surface area (Å²) >= 11 is 11.9. The summed E-state index contributed by atoms with van der Waals surface area (Å²) < 4.78 is 24.3. The van der Waals surface area contributed by atoms with Crippen molar-refractivity contribution in [1.29, 1.82) is 5.26 Å². The van der Waals surface area contributed by atoms with Crippen LogP contribution in [0.15, 0.2) is 23.1 Å². The van der Waals surface area contributed by atoms with Crippen molar-refractivity contribution < 1.29 is 8.42 Å². The number of sulfone groups is 1. The molecule has 0 fully saturated rings. The number of nitriles is 1. The highest BCUT2D eigenvalue weighted by molar-refractivity contribution is 7.93.